The quantitative estimate of drug-likeness (QED) is 0.922. The average Bonchev–Trinajstić information content (AvgIpc) is 3.08. The maximum Gasteiger partial charge on any atom is 0.321 e. The van der Waals surface area contributed by atoms with Gasteiger partial charge in [0.15, 0.2) is 0 Å². The monoisotopic (exact) mass is 319 g/mol. The van der Waals surface area contributed by atoms with Gasteiger partial charge in [-0.2, -0.15) is 0 Å². The number of carbonyl (C=O) groups excluding carboxylic acids is 1. The van der Waals surface area contributed by atoms with E-state index < -0.39 is 0 Å². The summed E-state index contributed by atoms with van der Waals surface area (Å²) in [6.07, 6.45) is 2.72. The number of ether oxygens (including phenoxy) is 2. The minimum Gasteiger partial charge on any atom is -0.497 e. The zero-order valence-corrected chi connectivity index (χ0v) is 13.7. The molecule has 1 unspecified atom stereocenters. The molecule has 2 heterocycles. The molecular formula is C17H25N3O3. The van der Waals surface area contributed by atoms with Gasteiger partial charge >= 0.3 is 6.03 Å². The lowest BCUT2D eigenvalue weighted by molar-refractivity contribution is 0.0572. The van der Waals surface area contributed by atoms with E-state index in [4.69, 9.17) is 9.47 Å². The van der Waals surface area contributed by atoms with Crippen LogP contribution in [-0.4, -0.2) is 68.4 Å². The maximum absolute atomic E-state index is 12.3. The standard InChI is InChI=1S/C17H25N3O3/c1-22-15-5-2-4-14(12-15)18-17(21)20-9-7-19(8-10-20)13-16-6-3-11-23-16/h2,4-5,12,16H,3,6-11,13H2,1H3,(H,18,21). The first-order valence-electron chi connectivity index (χ1n) is 8.28. The van der Waals surface area contributed by atoms with Gasteiger partial charge in [0.1, 0.15) is 5.75 Å². The molecule has 1 aromatic rings. The third kappa shape index (κ3) is 4.36. The van der Waals surface area contributed by atoms with Crippen molar-refractivity contribution in [2.24, 2.45) is 0 Å². The molecule has 3 rings (SSSR count). The lowest BCUT2D eigenvalue weighted by Crippen LogP contribution is -2.51. The molecule has 0 saturated carbocycles. The number of methoxy groups -OCH3 is 1. The van der Waals surface area contributed by atoms with E-state index in [9.17, 15) is 4.79 Å². The van der Waals surface area contributed by atoms with Crippen LogP contribution in [0.5, 0.6) is 5.75 Å². The number of benzene rings is 1. The van der Waals surface area contributed by atoms with E-state index >= 15 is 0 Å². The number of hydrogen-bond acceptors (Lipinski definition) is 4. The minimum atomic E-state index is -0.0463. The highest BCUT2D eigenvalue weighted by atomic mass is 16.5. The van der Waals surface area contributed by atoms with Crippen LogP contribution in [0.15, 0.2) is 24.3 Å². The SMILES string of the molecule is COc1cccc(NC(=O)N2CCN(CC3CCCO3)CC2)c1. The molecule has 2 aliphatic rings. The van der Waals surface area contributed by atoms with Gasteiger partial charge in [-0.25, -0.2) is 4.79 Å². The first-order chi connectivity index (χ1) is 11.2. The molecule has 1 atom stereocenters. The summed E-state index contributed by atoms with van der Waals surface area (Å²) in [7, 11) is 1.62. The highest BCUT2D eigenvalue weighted by Gasteiger charge is 2.24. The molecular weight excluding hydrogens is 294 g/mol. The first-order valence-corrected chi connectivity index (χ1v) is 8.28. The molecule has 0 aliphatic carbocycles. The summed E-state index contributed by atoms with van der Waals surface area (Å²) in [5.41, 5.74) is 0.760. The van der Waals surface area contributed by atoms with Gasteiger partial charge in [-0.15, -0.1) is 0 Å². The van der Waals surface area contributed by atoms with E-state index in [-0.39, 0.29) is 6.03 Å². The molecule has 2 saturated heterocycles. The molecule has 2 fully saturated rings. The van der Waals surface area contributed by atoms with Gasteiger partial charge in [0, 0.05) is 51.1 Å². The number of hydrogen-bond donors (Lipinski definition) is 1. The van der Waals surface area contributed by atoms with E-state index in [0.29, 0.717) is 6.10 Å². The van der Waals surface area contributed by atoms with Crippen molar-refractivity contribution in [3.05, 3.63) is 24.3 Å². The number of piperazine rings is 1. The Morgan fingerprint density at radius 1 is 1.35 bits per heavy atom. The fourth-order valence-corrected chi connectivity index (χ4v) is 3.11. The molecule has 0 aromatic heterocycles. The van der Waals surface area contributed by atoms with Crippen molar-refractivity contribution in [1.29, 1.82) is 0 Å². The highest BCUT2D eigenvalue weighted by Crippen LogP contribution is 2.18. The summed E-state index contributed by atoms with van der Waals surface area (Å²) in [5.74, 6) is 0.740. The normalized spacial score (nSPS) is 22.1. The van der Waals surface area contributed by atoms with E-state index in [1.807, 2.05) is 29.2 Å². The average molecular weight is 319 g/mol. The molecule has 126 valence electrons. The summed E-state index contributed by atoms with van der Waals surface area (Å²) in [6.45, 7) is 5.21. The highest BCUT2D eigenvalue weighted by molar-refractivity contribution is 5.89. The van der Waals surface area contributed by atoms with Crippen LogP contribution in [0.25, 0.3) is 0 Å². The number of urea groups is 1. The van der Waals surface area contributed by atoms with Crippen molar-refractivity contribution in [2.75, 3.05) is 51.8 Å². The third-order valence-corrected chi connectivity index (χ3v) is 4.47. The molecule has 1 N–H and O–H groups in total. The van der Waals surface area contributed by atoms with Gasteiger partial charge in [0.25, 0.3) is 0 Å². The molecule has 6 nitrogen and oxygen atoms in total. The number of nitrogens with one attached hydrogen (secondary N) is 1. The lowest BCUT2D eigenvalue weighted by atomic mass is 10.2. The summed E-state index contributed by atoms with van der Waals surface area (Å²) in [6, 6.07) is 7.38. The number of amides is 2. The molecule has 6 heteroatoms. The Kier molecular flexibility index (Phi) is 5.35. The van der Waals surface area contributed by atoms with Crippen LogP contribution in [-0.2, 0) is 4.74 Å². The number of nitrogens with zero attached hydrogens (tertiary/aromatic N) is 2. The largest absolute Gasteiger partial charge is 0.497 e. The van der Waals surface area contributed by atoms with Gasteiger partial charge in [-0.3, -0.25) is 4.90 Å². The Bertz CT molecular complexity index is 524. The topological polar surface area (TPSA) is 54.0 Å². The Balaban J connectivity index is 1.45. The van der Waals surface area contributed by atoms with Crippen LogP contribution in [0.1, 0.15) is 12.8 Å². The molecule has 0 radical (unpaired) electrons. The number of anilines is 1. The Labute approximate surface area is 137 Å². The fourth-order valence-electron chi connectivity index (χ4n) is 3.11. The van der Waals surface area contributed by atoms with Crippen LogP contribution in [0.4, 0.5) is 10.5 Å². The van der Waals surface area contributed by atoms with Crippen LogP contribution in [0.3, 0.4) is 0 Å². The Hall–Kier alpha value is -1.79. The minimum absolute atomic E-state index is 0.0463. The second-order valence-corrected chi connectivity index (χ2v) is 6.08. The van der Waals surface area contributed by atoms with Crippen LogP contribution in [0.2, 0.25) is 0 Å². The van der Waals surface area contributed by atoms with Gasteiger partial charge in [-0.1, -0.05) is 6.07 Å². The van der Waals surface area contributed by atoms with Gasteiger partial charge in [-0.05, 0) is 25.0 Å². The van der Waals surface area contributed by atoms with Crippen molar-refractivity contribution >= 4 is 11.7 Å². The van der Waals surface area contributed by atoms with Crippen LogP contribution < -0.4 is 10.1 Å². The smallest absolute Gasteiger partial charge is 0.321 e. The summed E-state index contributed by atoms with van der Waals surface area (Å²) in [5, 5.41) is 2.94. The zero-order valence-electron chi connectivity index (χ0n) is 13.7. The summed E-state index contributed by atoms with van der Waals surface area (Å²) >= 11 is 0. The van der Waals surface area contributed by atoms with Gasteiger partial charge < -0.3 is 19.7 Å². The molecule has 0 spiro atoms. The number of rotatable bonds is 4. The predicted octanol–water partition coefficient (Wildman–Crippen LogP) is 2.02. The summed E-state index contributed by atoms with van der Waals surface area (Å²) in [4.78, 5) is 16.6. The van der Waals surface area contributed by atoms with Crippen molar-refractivity contribution < 1.29 is 14.3 Å². The van der Waals surface area contributed by atoms with E-state index in [0.717, 1.165) is 57.2 Å². The van der Waals surface area contributed by atoms with E-state index in [1.165, 1.54) is 6.42 Å². The molecule has 0 bridgehead atoms. The van der Waals surface area contributed by atoms with Crippen LogP contribution >= 0.6 is 0 Å². The second-order valence-electron chi connectivity index (χ2n) is 6.08. The van der Waals surface area contributed by atoms with E-state index in [1.54, 1.807) is 7.11 Å². The molecule has 2 aliphatic heterocycles. The fraction of sp³-hybridized carbons (Fsp3) is 0.588. The second kappa shape index (κ2) is 7.66. The molecule has 23 heavy (non-hydrogen) atoms. The first kappa shape index (κ1) is 16.1. The molecule has 2 amide bonds. The number of carbonyl (C=O) groups is 1. The van der Waals surface area contributed by atoms with E-state index in [2.05, 4.69) is 10.2 Å². The van der Waals surface area contributed by atoms with Gasteiger partial charge in [0.2, 0.25) is 0 Å². The molecule has 1 aromatic carbocycles. The Morgan fingerprint density at radius 2 is 2.17 bits per heavy atom. The Morgan fingerprint density at radius 3 is 2.87 bits per heavy atom. The third-order valence-electron chi connectivity index (χ3n) is 4.47. The van der Waals surface area contributed by atoms with Crippen LogP contribution in [0, 0.1) is 0 Å². The van der Waals surface area contributed by atoms with Crippen molar-refractivity contribution in [1.82, 2.24) is 9.80 Å². The lowest BCUT2D eigenvalue weighted by Gasteiger charge is -2.35. The van der Waals surface area contributed by atoms with Crippen molar-refractivity contribution in [2.45, 2.75) is 18.9 Å². The summed E-state index contributed by atoms with van der Waals surface area (Å²) < 4.78 is 10.9. The van der Waals surface area contributed by atoms with Gasteiger partial charge in [0.05, 0.1) is 13.2 Å². The predicted molar refractivity (Wildman–Crippen MR) is 89.0 cm³/mol. The zero-order chi connectivity index (χ0) is 16.1. The van der Waals surface area contributed by atoms with Crippen molar-refractivity contribution in [3.8, 4) is 5.75 Å². The van der Waals surface area contributed by atoms with Crippen molar-refractivity contribution in [3.63, 3.8) is 0 Å². The maximum atomic E-state index is 12.3.